The Morgan fingerprint density at radius 1 is 1.21 bits per heavy atom. The number of rotatable bonds is 7. The second-order valence-corrected chi connectivity index (χ2v) is 7.42. The fourth-order valence-corrected chi connectivity index (χ4v) is 4.03. The van der Waals surface area contributed by atoms with E-state index in [-0.39, 0.29) is 29.8 Å². The van der Waals surface area contributed by atoms with Crippen molar-refractivity contribution >= 4 is 41.3 Å². The molecule has 0 saturated carbocycles. The molecule has 1 aliphatic rings. The van der Waals surface area contributed by atoms with Gasteiger partial charge < -0.3 is 15.4 Å². The van der Waals surface area contributed by atoms with Crippen molar-refractivity contribution in [2.45, 2.75) is 12.5 Å². The third-order valence-electron chi connectivity index (χ3n) is 4.66. The van der Waals surface area contributed by atoms with Crippen LogP contribution < -0.4 is 10.6 Å². The van der Waals surface area contributed by atoms with E-state index in [4.69, 9.17) is 4.74 Å². The first-order chi connectivity index (χ1) is 13.3. The summed E-state index contributed by atoms with van der Waals surface area (Å²) in [7, 11) is 1.78. The van der Waals surface area contributed by atoms with Crippen molar-refractivity contribution in [2.24, 2.45) is 4.99 Å². The zero-order valence-electron chi connectivity index (χ0n) is 16.1. The monoisotopic (exact) mass is 518 g/mol. The number of guanidine groups is 1. The SMILES string of the molecule is CN=C(NCCc1ccc(F)cc1)NCC(c1cccs1)N1CCOCC1.I. The Hall–Kier alpha value is -1.23. The predicted molar refractivity (Wildman–Crippen MR) is 124 cm³/mol. The van der Waals surface area contributed by atoms with Crippen LogP contribution in [0.2, 0.25) is 0 Å². The van der Waals surface area contributed by atoms with Gasteiger partial charge in [-0.15, -0.1) is 35.3 Å². The van der Waals surface area contributed by atoms with Crippen molar-refractivity contribution in [2.75, 3.05) is 46.4 Å². The van der Waals surface area contributed by atoms with Gasteiger partial charge >= 0.3 is 0 Å². The highest BCUT2D eigenvalue weighted by molar-refractivity contribution is 14.0. The van der Waals surface area contributed by atoms with Crippen LogP contribution in [0.25, 0.3) is 0 Å². The molecule has 1 saturated heterocycles. The van der Waals surface area contributed by atoms with Crippen LogP contribution in [-0.4, -0.2) is 57.3 Å². The Balaban J connectivity index is 0.00000280. The highest BCUT2D eigenvalue weighted by atomic mass is 127. The number of hydrogen-bond donors (Lipinski definition) is 2. The number of morpholine rings is 1. The number of hydrogen-bond acceptors (Lipinski definition) is 4. The number of ether oxygens (including phenoxy) is 1. The van der Waals surface area contributed by atoms with Crippen molar-refractivity contribution in [3.8, 4) is 0 Å². The normalized spacial score (nSPS) is 16.3. The van der Waals surface area contributed by atoms with E-state index in [0.29, 0.717) is 6.04 Å². The summed E-state index contributed by atoms with van der Waals surface area (Å²) in [6.07, 6.45) is 0.818. The third kappa shape index (κ3) is 6.98. The van der Waals surface area contributed by atoms with E-state index in [2.05, 4.69) is 38.0 Å². The van der Waals surface area contributed by atoms with Crippen LogP contribution in [0.15, 0.2) is 46.8 Å². The van der Waals surface area contributed by atoms with E-state index in [1.165, 1.54) is 17.0 Å². The van der Waals surface area contributed by atoms with Gasteiger partial charge in [-0.05, 0) is 35.6 Å². The Morgan fingerprint density at radius 3 is 2.61 bits per heavy atom. The Bertz CT molecular complexity index is 706. The number of nitrogens with zero attached hydrogens (tertiary/aromatic N) is 2. The van der Waals surface area contributed by atoms with E-state index in [1.54, 1.807) is 18.4 Å². The van der Waals surface area contributed by atoms with Crippen LogP contribution in [-0.2, 0) is 11.2 Å². The fourth-order valence-electron chi connectivity index (χ4n) is 3.17. The molecule has 5 nitrogen and oxygen atoms in total. The van der Waals surface area contributed by atoms with Gasteiger partial charge in [-0.3, -0.25) is 9.89 Å². The van der Waals surface area contributed by atoms with E-state index < -0.39 is 0 Å². The summed E-state index contributed by atoms with van der Waals surface area (Å²) >= 11 is 1.79. The number of thiophene rings is 1. The Kier molecular flexibility index (Phi) is 10.2. The first kappa shape index (κ1) is 23.1. The van der Waals surface area contributed by atoms with Crippen LogP contribution >= 0.6 is 35.3 Å². The van der Waals surface area contributed by atoms with Gasteiger partial charge in [0.25, 0.3) is 0 Å². The quantitative estimate of drug-likeness (QED) is 0.336. The molecule has 0 aliphatic carbocycles. The first-order valence-corrected chi connectivity index (χ1v) is 10.2. The van der Waals surface area contributed by atoms with E-state index in [1.807, 2.05) is 12.1 Å². The first-order valence-electron chi connectivity index (χ1n) is 9.30. The van der Waals surface area contributed by atoms with Gasteiger partial charge in [-0.2, -0.15) is 0 Å². The van der Waals surface area contributed by atoms with Crippen LogP contribution in [0.1, 0.15) is 16.5 Å². The highest BCUT2D eigenvalue weighted by Gasteiger charge is 2.23. The maximum Gasteiger partial charge on any atom is 0.191 e. The van der Waals surface area contributed by atoms with Crippen LogP contribution in [0.3, 0.4) is 0 Å². The predicted octanol–water partition coefficient (Wildman–Crippen LogP) is 3.29. The maximum atomic E-state index is 13.0. The molecule has 154 valence electrons. The summed E-state index contributed by atoms with van der Waals surface area (Å²) in [5, 5.41) is 8.92. The zero-order valence-corrected chi connectivity index (χ0v) is 19.2. The summed E-state index contributed by atoms with van der Waals surface area (Å²) in [6.45, 7) is 4.99. The van der Waals surface area contributed by atoms with Crippen LogP contribution in [0.5, 0.6) is 0 Å². The van der Waals surface area contributed by atoms with Crippen LogP contribution in [0, 0.1) is 5.82 Å². The smallest absolute Gasteiger partial charge is 0.191 e. The van der Waals surface area contributed by atoms with E-state index in [0.717, 1.165) is 57.3 Å². The van der Waals surface area contributed by atoms with Crippen LogP contribution in [0.4, 0.5) is 4.39 Å². The second kappa shape index (κ2) is 12.4. The van der Waals surface area contributed by atoms with Crippen molar-refractivity contribution < 1.29 is 9.13 Å². The molecule has 1 atom stereocenters. The molecule has 1 unspecified atom stereocenters. The summed E-state index contributed by atoms with van der Waals surface area (Å²) in [4.78, 5) is 8.15. The molecule has 3 rings (SSSR count). The minimum absolute atomic E-state index is 0. The van der Waals surface area contributed by atoms with E-state index in [9.17, 15) is 4.39 Å². The molecule has 2 aromatic rings. The molecule has 0 spiro atoms. The lowest BCUT2D eigenvalue weighted by Crippen LogP contribution is -2.46. The molecule has 1 aromatic heterocycles. The lowest BCUT2D eigenvalue weighted by atomic mass is 10.1. The van der Waals surface area contributed by atoms with Gasteiger partial charge in [-0.1, -0.05) is 18.2 Å². The second-order valence-electron chi connectivity index (χ2n) is 6.44. The third-order valence-corrected chi connectivity index (χ3v) is 5.64. The van der Waals surface area contributed by atoms with Crippen molar-refractivity contribution in [3.63, 3.8) is 0 Å². The molecule has 2 N–H and O–H groups in total. The van der Waals surface area contributed by atoms with Crippen molar-refractivity contribution in [3.05, 3.63) is 58.0 Å². The molecular formula is C20H28FIN4OS. The highest BCUT2D eigenvalue weighted by Crippen LogP contribution is 2.25. The lowest BCUT2D eigenvalue weighted by molar-refractivity contribution is 0.0177. The van der Waals surface area contributed by atoms with Gasteiger partial charge in [0, 0.05) is 38.1 Å². The maximum absolute atomic E-state index is 13.0. The average molecular weight is 518 g/mol. The summed E-state index contributed by atoms with van der Waals surface area (Å²) in [5.74, 6) is 0.582. The van der Waals surface area contributed by atoms with Gasteiger partial charge in [0.1, 0.15) is 5.82 Å². The molecule has 0 amide bonds. The van der Waals surface area contributed by atoms with E-state index >= 15 is 0 Å². The zero-order chi connectivity index (χ0) is 18.9. The molecule has 0 bridgehead atoms. The standard InChI is InChI=1S/C20H27FN4OS.HI/c1-22-20(23-9-8-16-4-6-17(21)7-5-16)24-15-18(19-3-2-14-27-19)25-10-12-26-13-11-25;/h2-7,14,18H,8-13,15H2,1H3,(H2,22,23,24);1H. The van der Waals surface area contributed by atoms with Crippen molar-refractivity contribution in [1.82, 2.24) is 15.5 Å². The number of benzene rings is 1. The largest absolute Gasteiger partial charge is 0.379 e. The minimum Gasteiger partial charge on any atom is -0.379 e. The number of halogens is 2. The lowest BCUT2D eigenvalue weighted by Gasteiger charge is -2.34. The molecule has 1 aliphatic heterocycles. The number of nitrogens with one attached hydrogen (secondary N) is 2. The molecule has 0 radical (unpaired) electrons. The molecular weight excluding hydrogens is 490 g/mol. The molecule has 2 heterocycles. The fraction of sp³-hybridized carbons (Fsp3) is 0.450. The Morgan fingerprint density at radius 2 is 1.96 bits per heavy atom. The average Bonchev–Trinajstić information content (AvgIpc) is 3.23. The van der Waals surface area contributed by atoms with Gasteiger partial charge in [0.2, 0.25) is 0 Å². The van der Waals surface area contributed by atoms with Crippen molar-refractivity contribution in [1.29, 1.82) is 0 Å². The molecule has 1 aromatic carbocycles. The molecule has 8 heteroatoms. The number of aliphatic imine (C=N–C) groups is 1. The topological polar surface area (TPSA) is 48.9 Å². The van der Waals surface area contributed by atoms with Gasteiger partial charge in [0.15, 0.2) is 5.96 Å². The molecule has 28 heavy (non-hydrogen) atoms. The Labute approximate surface area is 187 Å². The summed E-state index contributed by atoms with van der Waals surface area (Å²) in [6, 6.07) is 11.2. The minimum atomic E-state index is -0.202. The summed E-state index contributed by atoms with van der Waals surface area (Å²) < 4.78 is 18.5. The van der Waals surface area contributed by atoms with Gasteiger partial charge in [0.05, 0.1) is 19.3 Å². The molecule has 1 fully saturated rings. The van der Waals surface area contributed by atoms with Gasteiger partial charge in [-0.25, -0.2) is 4.39 Å². The summed E-state index contributed by atoms with van der Waals surface area (Å²) in [5.41, 5.74) is 1.10.